The van der Waals surface area contributed by atoms with E-state index in [1.165, 1.54) is 13.8 Å². The summed E-state index contributed by atoms with van der Waals surface area (Å²) >= 11 is 0. The molecule has 0 aliphatic heterocycles. The van der Waals surface area contributed by atoms with Crippen molar-refractivity contribution in [2.75, 3.05) is 13.2 Å². The monoisotopic (exact) mass is 270 g/mol. The smallest absolute Gasteiger partial charge is 0.391 e. The highest BCUT2D eigenvalue weighted by Gasteiger charge is 2.41. The number of ether oxygens (including phenoxy) is 2. The summed E-state index contributed by atoms with van der Waals surface area (Å²) in [5.41, 5.74) is 0. The molecule has 0 fully saturated rings. The maximum absolute atomic E-state index is 12.4. The highest BCUT2D eigenvalue weighted by Crippen LogP contribution is 2.31. The SMILES string of the molecule is CCOC(=O)C(CC(C)C(F)(F)F)C(=O)OCC. The van der Waals surface area contributed by atoms with Crippen LogP contribution in [0.25, 0.3) is 0 Å². The molecule has 0 aromatic rings. The number of hydrogen-bond acceptors (Lipinski definition) is 4. The van der Waals surface area contributed by atoms with Crippen molar-refractivity contribution in [1.82, 2.24) is 0 Å². The standard InChI is InChI=1S/C11H17F3O4/c1-4-17-9(15)8(10(16)18-5-2)6-7(3)11(12,13)14/h7-8H,4-6H2,1-3H3. The zero-order valence-corrected chi connectivity index (χ0v) is 10.5. The van der Waals surface area contributed by atoms with Gasteiger partial charge in [0, 0.05) is 0 Å². The van der Waals surface area contributed by atoms with E-state index in [4.69, 9.17) is 0 Å². The van der Waals surface area contributed by atoms with Gasteiger partial charge in [0.1, 0.15) is 0 Å². The topological polar surface area (TPSA) is 52.6 Å². The molecule has 0 spiro atoms. The van der Waals surface area contributed by atoms with Crippen LogP contribution in [0.1, 0.15) is 27.2 Å². The molecule has 0 aliphatic carbocycles. The van der Waals surface area contributed by atoms with Crippen molar-refractivity contribution in [1.29, 1.82) is 0 Å². The number of carbonyl (C=O) groups is 2. The third kappa shape index (κ3) is 5.37. The predicted molar refractivity (Wildman–Crippen MR) is 56.6 cm³/mol. The van der Waals surface area contributed by atoms with Gasteiger partial charge in [-0.1, -0.05) is 6.92 Å². The van der Waals surface area contributed by atoms with E-state index in [0.717, 1.165) is 6.92 Å². The van der Waals surface area contributed by atoms with Crippen LogP contribution in [0.5, 0.6) is 0 Å². The number of alkyl halides is 3. The second-order valence-electron chi connectivity index (χ2n) is 3.74. The Morgan fingerprint density at radius 2 is 1.44 bits per heavy atom. The van der Waals surface area contributed by atoms with E-state index < -0.39 is 36.4 Å². The Kier molecular flexibility index (Phi) is 6.72. The Morgan fingerprint density at radius 3 is 1.72 bits per heavy atom. The van der Waals surface area contributed by atoms with Gasteiger partial charge >= 0.3 is 18.1 Å². The van der Waals surface area contributed by atoms with E-state index in [-0.39, 0.29) is 13.2 Å². The average Bonchev–Trinajstić information content (AvgIpc) is 2.24. The first-order valence-electron chi connectivity index (χ1n) is 5.63. The summed E-state index contributed by atoms with van der Waals surface area (Å²) in [6.07, 6.45) is -5.13. The summed E-state index contributed by atoms with van der Waals surface area (Å²) in [5, 5.41) is 0. The third-order valence-corrected chi connectivity index (χ3v) is 2.29. The zero-order chi connectivity index (χ0) is 14.3. The molecule has 4 nitrogen and oxygen atoms in total. The van der Waals surface area contributed by atoms with E-state index in [1.54, 1.807) is 0 Å². The van der Waals surface area contributed by atoms with E-state index in [0.29, 0.717) is 0 Å². The average molecular weight is 270 g/mol. The third-order valence-electron chi connectivity index (χ3n) is 2.29. The van der Waals surface area contributed by atoms with Crippen LogP contribution < -0.4 is 0 Å². The lowest BCUT2D eigenvalue weighted by atomic mass is 9.95. The van der Waals surface area contributed by atoms with Gasteiger partial charge in [0.25, 0.3) is 0 Å². The molecule has 0 aliphatic rings. The van der Waals surface area contributed by atoms with Crippen LogP contribution >= 0.6 is 0 Å². The van der Waals surface area contributed by atoms with E-state index in [9.17, 15) is 22.8 Å². The summed E-state index contributed by atoms with van der Waals surface area (Å²) in [4.78, 5) is 22.9. The van der Waals surface area contributed by atoms with E-state index >= 15 is 0 Å². The molecular formula is C11H17F3O4. The van der Waals surface area contributed by atoms with Gasteiger partial charge in [-0.05, 0) is 20.3 Å². The minimum Gasteiger partial charge on any atom is -0.465 e. The normalized spacial score (nSPS) is 13.3. The van der Waals surface area contributed by atoms with Gasteiger partial charge in [0.2, 0.25) is 0 Å². The van der Waals surface area contributed by atoms with Gasteiger partial charge < -0.3 is 9.47 Å². The second kappa shape index (κ2) is 7.23. The van der Waals surface area contributed by atoms with Crippen molar-refractivity contribution in [3.8, 4) is 0 Å². The summed E-state index contributed by atoms with van der Waals surface area (Å²) in [5.74, 6) is -5.27. The van der Waals surface area contributed by atoms with Crippen molar-refractivity contribution < 1.29 is 32.2 Å². The molecule has 0 radical (unpaired) electrons. The Hall–Kier alpha value is -1.27. The van der Waals surface area contributed by atoms with Crippen LogP contribution in [0.3, 0.4) is 0 Å². The fourth-order valence-corrected chi connectivity index (χ4v) is 1.26. The molecule has 0 heterocycles. The maximum atomic E-state index is 12.4. The molecule has 0 aromatic heterocycles. The number of carbonyl (C=O) groups excluding carboxylic acids is 2. The maximum Gasteiger partial charge on any atom is 0.391 e. The van der Waals surface area contributed by atoms with Gasteiger partial charge in [-0.3, -0.25) is 9.59 Å². The summed E-state index contributed by atoms with van der Waals surface area (Å²) in [6, 6.07) is 0. The van der Waals surface area contributed by atoms with Crippen LogP contribution in [0, 0.1) is 11.8 Å². The first-order valence-corrected chi connectivity index (χ1v) is 5.63. The Morgan fingerprint density at radius 1 is 1.06 bits per heavy atom. The van der Waals surface area contributed by atoms with E-state index in [2.05, 4.69) is 9.47 Å². The molecule has 1 unspecified atom stereocenters. The molecule has 106 valence electrons. The van der Waals surface area contributed by atoms with Crippen LogP contribution in [0.2, 0.25) is 0 Å². The first kappa shape index (κ1) is 16.7. The molecule has 0 bridgehead atoms. The molecule has 1 atom stereocenters. The fraction of sp³-hybridized carbons (Fsp3) is 0.818. The second-order valence-corrected chi connectivity index (χ2v) is 3.74. The first-order chi connectivity index (χ1) is 8.23. The number of esters is 2. The number of hydrogen-bond donors (Lipinski definition) is 0. The number of halogens is 3. The van der Waals surface area contributed by atoms with Gasteiger partial charge in [-0.25, -0.2) is 0 Å². The van der Waals surface area contributed by atoms with Crippen molar-refractivity contribution in [3.63, 3.8) is 0 Å². The largest absolute Gasteiger partial charge is 0.465 e. The molecule has 0 N–H and O–H groups in total. The van der Waals surface area contributed by atoms with Crippen LogP contribution in [0.15, 0.2) is 0 Å². The molecule has 18 heavy (non-hydrogen) atoms. The highest BCUT2D eigenvalue weighted by molar-refractivity contribution is 5.94. The molecule has 0 aromatic carbocycles. The molecule has 0 rings (SSSR count). The van der Waals surface area contributed by atoms with Gasteiger partial charge in [-0.2, -0.15) is 13.2 Å². The van der Waals surface area contributed by atoms with Gasteiger partial charge in [0.05, 0.1) is 19.1 Å². The lowest BCUT2D eigenvalue weighted by Crippen LogP contribution is -2.33. The molecule has 0 amide bonds. The van der Waals surface area contributed by atoms with Crippen molar-refractivity contribution >= 4 is 11.9 Å². The van der Waals surface area contributed by atoms with E-state index in [1.807, 2.05) is 0 Å². The minimum absolute atomic E-state index is 0.00482. The quantitative estimate of drug-likeness (QED) is 0.549. The van der Waals surface area contributed by atoms with Crippen molar-refractivity contribution in [2.45, 2.75) is 33.4 Å². The summed E-state index contributed by atoms with van der Waals surface area (Å²) < 4.78 is 46.4. The lowest BCUT2D eigenvalue weighted by molar-refractivity contribution is -0.181. The summed E-state index contributed by atoms with van der Waals surface area (Å²) in [7, 11) is 0. The Balaban J connectivity index is 4.77. The minimum atomic E-state index is -4.46. The molecular weight excluding hydrogens is 253 g/mol. The molecule has 0 saturated heterocycles. The van der Waals surface area contributed by atoms with Crippen LogP contribution in [-0.4, -0.2) is 31.3 Å². The number of rotatable bonds is 6. The van der Waals surface area contributed by atoms with Gasteiger partial charge in [-0.15, -0.1) is 0 Å². The van der Waals surface area contributed by atoms with Crippen LogP contribution in [-0.2, 0) is 19.1 Å². The Bertz CT molecular complexity index is 271. The molecule has 7 heteroatoms. The van der Waals surface area contributed by atoms with Crippen LogP contribution in [0.4, 0.5) is 13.2 Å². The fourth-order valence-electron chi connectivity index (χ4n) is 1.26. The highest BCUT2D eigenvalue weighted by atomic mass is 19.4. The Labute approximate surface area is 103 Å². The summed E-state index contributed by atoms with van der Waals surface area (Å²) in [6.45, 7) is 3.91. The lowest BCUT2D eigenvalue weighted by Gasteiger charge is -2.20. The van der Waals surface area contributed by atoms with Crippen molar-refractivity contribution in [2.24, 2.45) is 11.8 Å². The zero-order valence-electron chi connectivity index (χ0n) is 10.5. The van der Waals surface area contributed by atoms with Gasteiger partial charge in [0.15, 0.2) is 5.92 Å². The predicted octanol–water partition coefficient (Wildman–Crippen LogP) is 2.32. The van der Waals surface area contributed by atoms with Crippen molar-refractivity contribution in [3.05, 3.63) is 0 Å². The molecule has 0 saturated carbocycles.